The van der Waals surface area contributed by atoms with E-state index in [9.17, 15) is 39.8 Å². The van der Waals surface area contributed by atoms with Crippen molar-refractivity contribution in [1.29, 1.82) is 0 Å². The lowest BCUT2D eigenvalue weighted by atomic mass is 9.65. The first-order valence-electron chi connectivity index (χ1n) is 22.7. The number of Topliss-reactive ketones (excluding diaryl/α,β-unsaturated/α-hetero) is 1. The number of unbranched alkanes of at least 4 members (excludes halogenated alkanes) is 10. The molecule has 0 amide bonds. The van der Waals surface area contributed by atoms with Crippen LogP contribution in [0.5, 0.6) is 0 Å². The Kier molecular flexibility index (Phi) is 14.6. The van der Waals surface area contributed by atoms with Crippen LogP contribution in [0.4, 0.5) is 5.69 Å². The number of nitrogens with one attached hydrogen (secondary N) is 1. The van der Waals surface area contributed by atoms with Crippen LogP contribution in [0.3, 0.4) is 0 Å². The molecule has 0 heterocycles. The number of aliphatic hydroxyl groups is 2. The molecule has 2 fully saturated rings. The van der Waals surface area contributed by atoms with Gasteiger partial charge in [0, 0.05) is 61.0 Å². The van der Waals surface area contributed by atoms with Crippen molar-refractivity contribution in [1.82, 2.24) is 0 Å². The summed E-state index contributed by atoms with van der Waals surface area (Å²) in [6.07, 6.45) is 21.2. The number of benzene rings is 1. The maximum atomic E-state index is 14.3. The monoisotopic (exact) mass is 870 g/mol. The number of ketones is 1. The lowest BCUT2D eigenvalue weighted by molar-refractivity contribution is -0.377. The zero-order valence-electron chi connectivity index (χ0n) is 37.5. The van der Waals surface area contributed by atoms with E-state index in [0.29, 0.717) is 29.0 Å². The van der Waals surface area contributed by atoms with Gasteiger partial charge in [-0.25, -0.2) is 4.79 Å². The number of hydrogen-bond donors (Lipinski definition) is 3. The van der Waals surface area contributed by atoms with Gasteiger partial charge in [-0.05, 0) is 74.8 Å². The third kappa shape index (κ3) is 9.16. The molecule has 3 N–H and O–H groups in total. The van der Waals surface area contributed by atoms with Crippen LogP contribution in [-0.2, 0) is 28.6 Å². The number of nitrogens with zero attached hydrogens (tertiary/aromatic N) is 2. The number of hydrogen-bond acceptors (Lipinski definition) is 13. The summed E-state index contributed by atoms with van der Waals surface area (Å²) < 4.78 is 18.3. The molecule has 1 aromatic carbocycles. The first-order valence-corrected chi connectivity index (χ1v) is 22.7. The van der Waals surface area contributed by atoms with E-state index >= 15 is 0 Å². The van der Waals surface area contributed by atoms with Crippen molar-refractivity contribution in [3.63, 3.8) is 0 Å². The first-order chi connectivity index (χ1) is 29.9. The highest BCUT2D eigenvalue weighted by Gasteiger charge is 2.96. The summed E-state index contributed by atoms with van der Waals surface area (Å²) in [5.74, 6) is -5.23. The molecule has 14 heteroatoms. The van der Waals surface area contributed by atoms with Gasteiger partial charge in [0.05, 0.1) is 22.6 Å². The Morgan fingerprint density at radius 2 is 1.54 bits per heavy atom. The molecule has 0 aromatic heterocycles. The van der Waals surface area contributed by atoms with E-state index in [2.05, 4.69) is 17.5 Å². The Bertz CT molecular complexity index is 2070. The fourth-order valence-corrected chi connectivity index (χ4v) is 11.2. The second-order valence-electron chi connectivity index (χ2n) is 18.6. The van der Waals surface area contributed by atoms with E-state index in [-0.39, 0.29) is 30.7 Å². The van der Waals surface area contributed by atoms with Crippen molar-refractivity contribution in [2.45, 2.75) is 148 Å². The molecule has 8 atom stereocenters. The zero-order chi connectivity index (χ0) is 45.7. The number of carbonyl (C=O) groups is 4. The minimum Gasteiger partial charge on any atom is -0.612 e. The number of allylic oxidation sites excluding steroid dienone is 4. The summed E-state index contributed by atoms with van der Waals surface area (Å²) in [5, 5.41) is 50.6. The molecule has 5 aliphatic rings. The Morgan fingerprint density at radius 1 is 0.937 bits per heavy atom. The predicted octanol–water partition coefficient (Wildman–Crippen LogP) is 7.96. The van der Waals surface area contributed by atoms with Gasteiger partial charge in [0.15, 0.2) is 5.60 Å². The maximum Gasteiger partial charge on any atom is 0.338 e. The first kappa shape index (κ1) is 47.4. The average Bonchev–Trinajstić information content (AvgIpc) is 3.67. The molecule has 2 saturated carbocycles. The Balaban J connectivity index is 1.20. The summed E-state index contributed by atoms with van der Waals surface area (Å²) in [6, 6.07) is 6.35. The van der Waals surface area contributed by atoms with Gasteiger partial charge in [-0.3, -0.25) is 19.8 Å². The molecule has 0 aliphatic heterocycles. The van der Waals surface area contributed by atoms with Crippen molar-refractivity contribution in [2.75, 3.05) is 12.0 Å². The quantitative estimate of drug-likeness (QED) is 0.0217. The van der Waals surface area contributed by atoms with E-state index in [4.69, 9.17) is 14.2 Å². The molecule has 1 aromatic rings. The molecule has 63 heavy (non-hydrogen) atoms. The minimum absolute atomic E-state index is 0.0559. The van der Waals surface area contributed by atoms with Crippen LogP contribution in [0, 0.1) is 39.5 Å². The molecule has 0 radical (unpaired) electrons. The molecule has 5 aliphatic carbocycles. The highest BCUT2D eigenvalue weighted by molar-refractivity contribution is 6.17. The van der Waals surface area contributed by atoms with Gasteiger partial charge in [-0.15, -0.1) is 0 Å². The number of ether oxygens (including phenoxy) is 3. The van der Waals surface area contributed by atoms with Crippen LogP contribution in [0.2, 0.25) is 0 Å². The van der Waals surface area contributed by atoms with Crippen LogP contribution in [-0.4, -0.2) is 79.7 Å². The van der Waals surface area contributed by atoms with Crippen LogP contribution < -0.4 is 5.43 Å². The summed E-state index contributed by atoms with van der Waals surface area (Å²) in [5.41, 5.74) is -1.51. The Hall–Kier alpha value is -5.08. The second kappa shape index (κ2) is 19.3. The maximum absolute atomic E-state index is 14.3. The van der Waals surface area contributed by atoms with Gasteiger partial charge in [-0.1, -0.05) is 90.2 Å². The van der Waals surface area contributed by atoms with E-state index in [1.54, 1.807) is 43.3 Å². The molecule has 342 valence electrons. The van der Waals surface area contributed by atoms with Crippen molar-refractivity contribution in [3.8, 4) is 0 Å². The van der Waals surface area contributed by atoms with Gasteiger partial charge in [0.2, 0.25) is 11.5 Å². The molecule has 1 spiro atoms. The number of fused-ring (bicyclic) bond motifs is 3. The summed E-state index contributed by atoms with van der Waals surface area (Å²) in [4.78, 5) is 53.9. The van der Waals surface area contributed by atoms with Gasteiger partial charge in [0.1, 0.15) is 18.3 Å². The third-order valence-electron chi connectivity index (χ3n) is 14.1. The number of rotatable bonds is 20. The standard InChI is InChI=1S/C49H64N3O11/c1-7-8-9-10-11-12-13-14-15-16-17-18-42(54)62-40-28-34(30-61-45(56)35-19-21-36(22-20-35)50-51-37-23-25-38(26-24-37)52(59)60)29-41-47(32(40)3)43(49(47,58)46(5,6)57)39-27-31(2)44(55)48(39,41)63-33(4)53/h19-27,29,32,39-41,43,57-58H,7-18,28,30H2,1-6H3,(H-,50,51,56,59,60)/q-1/t32-,39+,40-,41-,43-,47+,48-,49-/m0/s1. The van der Waals surface area contributed by atoms with Crippen molar-refractivity contribution in [2.24, 2.45) is 34.2 Å². The SMILES string of the molecule is CCCCCCCCCCCCCC(=O)O[C@H]1CC(COC(=O)c2ccc(NN=C3C=CC(=[N+]([O-])[O-])C=C3)cc2)=C[C@@H]2[C@]3(OC(C)=O)C(=O)C(C)=C[C@@H]3[C@H]3[C@]2([C@H]1C)[C@@]3(O)C(C)(C)O. The normalized spacial score (nSPS) is 29.1. The van der Waals surface area contributed by atoms with Gasteiger partial charge in [-0.2, -0.15) is 10.0 Å². The Morgan fingerprint density at radius 3 is 2.11 bits per heavy atom. The summed E-state index contributed by atoms with van der Waals surface area (Å²) in [7, 11) is 0. The number of carbonyl (C=O) groups excluding carboxylic acids is 4. The molecule has 0 bridgehead atoms. The lowest BCUT2D eigenvalue weighted by Gasteiger charge is -2.45. The number of anilines is 1. The van der Waals surface area contributed by atoms with E-state index in [1.165, 1.54) is 90.0 Å². The molecule has 14 nitrogen and oxygen atoms in total. The lowest BCUT2D eigenvalue weighted by Crippen LogP contribution is -2.59. The zero-order valence-corrected chi connectivity index (χ0v) is 37.5. The van der Waals surface area contributed by atoms with Gasteiger partial charge < -0.3 is 34.8 Å². The summed E-state index contributed by atoms with van der Waals surface area (Å²) >= 11 is 0. The Labute approximate surface area is 370 Å². The van der Waals surface area contributed by atoms with Crippen molar-refractivity contribution in [3.05, 3.63) is 87.8 Å². The van der Waals surface area contributed by atoms with Crippen LogP contribution in [0.25, 0.3) is 0 Å². The molecular formula is C49H64N3O11-. The van der Waals surface area contributed by atoms with Crippen molar-refractivity contribution < 1.29 is 48.5 Å². The number of esters is 3. The highest BCUT2D eigenvalue weighted by Crippen LogP contribution is 2.86. The van der Waals surface area contributed by atoms with E-state index in [0.717, 1.165) is 19.3 Å². The summed E-state index contributed by atoms with van der Waals surface area (Å²) in [6.45, 7) is 9.76. The number of hydrazone groups is 1. The fraction of sp³-hybridized carbons (Fsp3) is 0.592. The highest BCUT2D eigenvalue weighted by atomic mass is 16.8. The topological polar surface area (TPSA) is 210 Å². The molecular weight excluding hydrogens is 807 g/mol. The molecule has 0 saturated heterocycles. The molecule has 0 unspecified atom stereocenters. The minimum atomic E-state index is -1.77. The van der Waals surface area contributed by atoms with Gasteiger partial charge in [0.25, 0.3) is 0 Å². The second-order valence-corrected chi connectivity index (χ2v) is 18.6. The largest absolute Gasteiger partial charge is 0.612 e. The van der Waals surface area contributed by atoms with Gasteiger partial charge >= 0.3 is 17.9 Å². The van der Waals surface area contributed by atoms with E-state index in [1.807, 2.05) is 6.92 Å². The fourth-order valence-electron chi connectivity index (χ4n) is 11.2. The molecule has 6 rings (SSSR count). The van der Waals surface area contributed by atoms with Crippen molar-refractivity contribution >= 4 is 40.8 Å². The third-order valence-corrected chi connectivity index (χ3v) is 14.1. The average molecular weight is 871 g/mol. The van der Waals surface area contributed by atoms with Crippen LogP contribution in [0.15, 0.2) is 77.0 Å². The van der Waals surface area contributed by atoms with E-state index < -0.39 is 80.6 Å². The predicted molar refractivity (Wildman–Crippen MR) is 238 cm³/mol. The van der Waals surface area contributed by atoms with Crippen LogP contribution in [0.1, 0.15) is 135 Å². The van der Waals surface area contributed by atoms with Crippen LogP contribution >= 0.6 is 0 Å². The smallest absolute Gasteiger partial charge is 0.338 e.